The van der Waals surface area contributed by atoms with Gasteiger partial charge in [0.2, 0.25) is 0 Å². The molecule has 1 amide bonds. The predicted octanol–water partition coefficient (Wildman–Crippen LogP) is 4.27. The molecule has 0 aliphatic carbocycles. The number of carbonyl (C=O) groups is 1. The molecule has 1 N–H and O–H groups in total. The van der Waals surface area contributed by atoms with Crippen LogP contribution in [0, 0.1) is 11.3 Å². The Morgan fingerprint density at radius 3 is 2.60 bits per heavy atom. The van der Waals surface area contributed by atoms with Crippen molar-refractivity contribution >= 4 is 50.7 Å². The summed E-state index contributed by atoms with van der Waals surface area (Å²) < 4.78 is 0.638. The van der Waals surface area contributed by atoms with E-state index in [2.05, 4.69) is 26.2 Å². The fourth-order valence-corrected chi connectivity index (χ4v) is 2.22. The van der Waals surface area contributed by atoms with Crippen LogP contribution < -0.4 is 5.32 Å². The Morgan fingerprint density at radius 1 is 1.25 bits per heavy atom. The molecule has 0 fully saturated rings. The lowest BCUT2D eigenvalue weighted by molar-refractivity contribution is 0.102. The summed E-state index contributed by atoms with van der Waals surface area (Å²) in [7, 11) is 0. The molecule has 0 spiro atoms. The molecule has 4 nitrogen and oxygen atoms in total. The fourth-order valence-electron chi connectivity index (χ4n) is 1.40. The van der Waals surface area contributed by atoms with Crippen LogP contribution in [-0.4, -0.2) is 10.9 Å². The van der Waals surface area contributed by atoms with E-state index in [1.807, 2.05) is 6.07 Å². The highest BCUT2D eigenvalue weighted by Crippen LogP contribution is 2.35. The Labute approximate surface area is 133 Å². The molecule has 1 aromatic carbocycles. The van der Waals surface area contributed by atoms with Crippen molar-refractivity contribution < 1.29 is 4.79 Å². The van der Waals surface area contributed by atoms with Gasteiger partial charge in [0, 0.05) is 10.7 Å². The molecular formula is C13H6BrCl2N3O. The first-order valence-corrected chi connectivity index (χ1v) is 6.89. The monoisotopic (exact) mass is 369 g/mol. The van der Waals surface area contributed by atoms with Crippen molar-refractivity contribution in [3.63, 3.8) is 0 Å². The number of amides is 1. The van der Waals surface area contributed by atoms with E-state index in [1.54, 1.807) is 12.1 Å². The topological polar surface area (TPSA) is 65.8 Å². The Bertz CT molecular complexity index is 711. The van der Waals surface area contributed by atoms with Crippen LogP contribution in [0.3, 0.4) is 0 Å². The van der Waals surface area contributed by atoms with Gasteiger partial charge in [-0.05, 0) is 40.2 Å². The first-order valence-electron chi connectivity index (χ1n) is 5.34. The molecule has 0 saturated carbocycles. The molecule has 1 aromatic heterocycles. The Kier molecular flexibility index (Phi) is 4.61. The molecular weight excluding hydrogens is 365 g/mol. The van der Waals surface area contributed by atoms with Crippen LogP contribution in [-0.2, 0) is 0 Å². The second-order valence-corrected chi connectivity index (χ2v) is 5.33. The summed E-state index contributed by atoms with van der Waals surface area (Å²) in [6, 6.07) is 8.20. The summed E-state index contributed by atoms with van der Waals surface area (Å²) in [5.74, 6) is -0.435. The van der Waals surface area contributed by atoms with Gasteiger partial charge in [-0.3, -0.25) is 4.79 Å². The minimum atomic E-state index is -0.435. The van der Waals surface area contributed by atoms with E-state index in [-0.39, 0.29) is 10.7 Å². The summed E-state index contributed by atoms with van der Waals surface area (Å²) in [5, 5.41) is 11.8. The molecule has 0 aliphatic heterocycles. The average Bonchev–Trinajstić information content (AvgIpc) is 2.48. The largest absolute Gasteiger partial charge is 0.319 e. The van der Waals surface area contributed by atoms with Gasteiger partial charge in [-0.15, -0.1) is 0 Å². The maximum atomic E-state index is 12.0. The van der Waals surface area contributed by atoms with Gasteiger partial charge in [0.25, 0.3) is 5.91 Å². The molecule has 0 bridgehead atoms. The number of hydrogen-bond donors (Lipinski definition) is 1. The van der Waals surface area contributed by atoms with E-state index in [1.165, 1.54) is 18.3 Å². The van der Waals surface area contributed by atoms with Crippen LogP contribution in [0.15, 0.2) is 34.9 Å². The number of anilines is 1. The second-order valence-electron chi connectivity index (χ2n) is 3.72. The van der Waals surface area contributed by atoms with Gasteiger partial charge in [-0.2, -0.15) is 5.26 Å². The van der Waals surface area contributed by atoms with Crippen LogP contribution in [0.4, 0.5) is 5.69 Å². The zero-order valence-corrected chi connectivity index (χ0v) is 12.9. The first-order chi connectivity index (χ1) is 9.52. The normalized spacial score (nSPS) is 9.90. The summed E-state index contributed by atoms with van der Waals surface area (Å²) in [6.07, 6.45) is 1.32. The zero-order valence-electron chi connectivity index (χ0n) is 9.82. The third-order valence-electron chi connectivity index (χ3n) is 2.41. The third-order valence-corrected chi connectivity index (χ3v) is 4.18. The number of carbonyl (C=O) groups excluding carboxylic acids is 1. The highest BCUT2D eigenvalue weighted by Gasteiger charge is 2.13. The molecule has 2 aromatic rings. The molecule has 100 valence electrons. The minimum Gasteiger partial charge on any atom is -0.319 e. The number of nitrogens with zero attached hydrogens (tertiary/aromatic N) is 2. The van der Waals surface area contributed by atoms with Gasteiger partial charge in [-0.1, -0.05) is 23.2 Å². The maximum absolute atomic E-state index is 12.0. The van der Waals surface area contributed by atoms with Crippen molar-refractivity contribution in [2.45, 2.75) is 0 Å². The Hall–Kier alpha value is -1.61. The number of nitrogens with one attached hydrogen (secondary N) is 1. The van der Waals surface area contributed by atoms with Crippen molar-refractivity contribution in [2.75, 3.05) is 5.32 Å². The number of rotatable bonds is 2. The number of halogens is 3. The van der Waals surface area contributed by atoms with Gasteiger partial charge in [-0.25, -0.2) is 4.98 Å². The summed E-state index contributed by atoms with van der Waals surface area (Å²) in [6.45, 7) is 0. The molecule has 20 heavy (non-hydrogen) atoms. The Morgan fingerprint density at radius 2 is 2.00 bits per heavy atom. The fraction of sp³-hybridized carbons (Fsp3) is 0. The van der Waals surface area contributed by atoms with Crippen LogP contribution in [0.2, 0.25) is 10.0 Å². The first kappa shape index (κ1) is 14.8. The molecule has 1 heterocycles. The minimum absolute atomic E-state index is 0.180. The van der Waals surface area contributed by atoms with Crippen LogP contribution in [0.25, 0.3) is 0 Å². The van der Waals surface area contributed by atoms with Crippen molar-refractivity contribution in [1.29, 1.82) is 5.26 Å². The molecule has 0 saturated heterocycles. The standard InChI is InChI=1S/C13H6BrCl2N3O/c14-8-2-4-9(12(16)11(8)15)19-13(20)10-3-1-7(5-17)6-18-10/h1-4,6H,(H,19,20). The zero-order chi connectivity index (χ0) is 14.7. The molecule has 0 unspecified atom stereocenters. The molecule has 0 radical (unpaired) electrons. The number of aromatic nitrogens is 1. The maximum Gasteiger partial charge on any atom is 0.274 e. The van der Waals surface area contributed by atoms with Crippen LogP contribution in [0.1, 0.15) is 16.1 Å². The quantitative estimate of drug-likeness (QED) is 0.802. The summed E-state index contributed by atoms with van der Waals surface area (Å²) >= 11 is 15.2. The number of hydrogen-bond acceptors (Lipinski definition) is 3. The summed E-state index contributed by atoms with van der Waals surface area (Å²) in [4.78, 5) is 15.9. The van der Waals surface area contributed by atoms with Gasteiger partial charge < -0.3 is 5.32 Å². The average molecular weight is 371 g/mol. The summed E-state index contributed by atoms with van der Waals surface area (Å²) in [5.41, 5.74) is 0.946. The number of benzene rings is 1. The van der Waals surface area contributed by atoms with E-state index in [0.29, 0.717) is 20.7 Å². The lowest BCUT2D eigenvalue weighted by Gasteiger charge is -2.09. The van der Waals surface area contributed by atoms with Crippen LogP contribution >= 0.6 is 39.1 Å². The van der Waals surface area contributed by atoms with Gasteiger partial charge in [0.05, 0.1) is 21.3 Å². The van der Waals surface area contributed by atoms with Gasteiger partial charge >= 0.3 is 0 Å². The number of pyridine rings is 1. The lowest BCUT2D eigenvalue weighted by atomic mass is 10.2. The van der Waals surface area contributed by atoms with Crippen molar-refractivity contribution in [3.05, 3.63) is 56.2 Å². The lowest BCUT2D eigenvalue weighted by Crippen LogP contribution is -2.14. The highest BCUT2D eigenvalue weighted by molar-refractivity contribution is 9.10. The molecule has 0 atom stereocenters. The molecule has 0 aliphatic rings. The van der Waals surface area contributed by atoms with Gasteiger partial charge in [0.1, 0.15) is 11.8 Å². The van der Waals surface area contributed by atoms with Crippen molar-refractivity contribution in [3.8, 4) is 6.07 Å². The highest BCUT2D eigenvalue weighted by atomic mass is 79.9. The molecule has 2 rings (SSSR count). The van der Waals surface area contributed by atoms with E-state index < -0.39 is 5.91 Å². The van der Waals surface area contributed by atoms with E-state index >= 15 is 0 Å². The molecule has 7 heteroatoms. The van der Waals surface area contributed by atoms with E-state index in [0.717, 1.165) is 0 Å². The van der Waals surface area contributed by atoms with E-state index in [9.17, 15) is 4.79 Å². The number of nitriles is 1. The van der Waals surface area contributed by atoms with Crippen LogP contribution in [0.5, 0.6) is 0 Å². The SMILES string of the molecule is N#Cc1ccc(C(=O)Nc2ccc(Br)c(Cl)c2Cl)nc1. The smallest absolute Gasteiger partial charge is 0.274 e. The Balaban J connectivity index is 2.23. The second kappa shape index (κ2) is 6.23. The van der Waals surface area contributed by atoms with Gasteiger partial charge in [0.15, 0.2) is 0 Å². The van der Waals surface area contributed by atoms with Crippen molar-refractivity contribution in [1.82, 2.24) is 4.98 Å². The predicted molar refractivity (Wildman–Crippen MR) is 81.1 cm³/mol. The van der Waals surface area contributed by atoms with Crippen molar-refractivity contribution in [2.24, 2.45) is 0 Å². The van der Waals surface area contributed by atoms with E-state index in [4.69, 9.17) is 28.5 Å². The third kappa shape index (κ3) is 3.10.